The summed E-state index contributed by atoms with van der Waals surface area (Å²) in [7, 11) is 0. The van der Waals surface area contributed by atoms with E-state index in [1.54, 1.807) is 45.2 Å². The predicted molar refractivity (Wildman–Crippen MR) is 164 cm³/mol. The number of para-hydroxylation sites is 1. The highest BCUT2D eigenvalue weighted by atomic mass is 16.2. The van der Waals surface area contributed by atoms with Crippen molar-refractivity contribution in [3.63, 3.8) is 0 Å². The molecule has 0 saturated heterocycles. The van der Waals surface area contributed by atoms with E-state index in [9.17, 15) is 9.59 Å². The van der Waals surface area contributed by atoms with E-state index >= 15 is 0 Å². The number of amides is 1. The Morgan fingerprint density at radius 2 is 1.70 bits per heavy atom. The van der Waals surface area contributed by atoms with Crippen molar-refractivity contribution in [3.8, 4) is 17.5 Å². The Hall–Kier alpha value is -6.01. The Morgan fingerprint density at radius 1 is 0.907 bits per heavy atom. The molecule has 0 radical (unpaired) electrons. The number of hydrogen-bond donors (Lipinski definition) is 1. The lowest BCUT2D eigenvalue weighted by Crippen LogP contribution is -2.32. The van der Waals surface area contributed by atoms with E-state index < -0.39 is 6.04 Å². The number of benzene rings is 2. The first-order valence-electron chi connectivity index (χ1n) is 13.8. The molecule has 5 heterocycles. The lowest BCUT2D eigenvalue weighted by atomic mass is 10.0. The molecule has 0 saturated carbocycles. The van der Waals surface area contributed by atoms with Crippen LogP contribution >= 0.6 is 0 Å². The monoisotopic (exact) mass is 563 g/mol. The summed E-state index contributed by atoms with van der Waals surface area (Å²) in [6.45, 7) is 3.64. The van der Waals surface area contributed by atoms with Gasteiger partial charge in [0.25, 0.3) is 11.5 Å². The quantitative estimate of drug-likeness (QED) is 0.308. The second kappa shape index (κ2) is 10.4. The molecule has 9 heteroatoms. The number of nitrogens with zero attached hydrogens (tertiary/aromatic N) is 6. The normalized spacial score (nSPS) is 11.9. The number of rotatable bonds is 4. The van der Waals surface area contributed by atoms with Crippen molar-refractivity contribution in [1.82, 2.24) is 34.1 Å². The topological polar surface area (TPSA) is 98.6 Å². The van der Waals surface area contributed by atoms with Gasteiger partial charge in [-0.2, -0.15) is 10.2 Å². The van der Waals surface area contributed by atoms with E-state index in [0.29, 0.717) is 39.2 Å². The summed E-state index contributed by atoms with van der Waals surface area (Å²) in [5, 5.41) is 13.1. The van der Waals surface area contributed by atoms with Crippen molar-refractivity contribution in [2.45, 2.75) is 19.9 Å². The number of carbonyl (C=O) groups excluding carboxylic acids is 1. The second-order valence-electron chi connectivity index (χ2n) is 10.2. The minimum Gasteiger partial charge on any atom is -0.344 e. The van der Waals surface area contributed by atoms with Crippen LogP contribution in [0.5, 0.6) is 0 Å². The van der Waals surface area contributed by atoms with Gasteiger partial charge in [0.2, 0.25) is 0 Å². The molecule has 9 nitrogen and oxygen atoms in total. The fourth-order valence-corrected chi connectivity index (χ4v) is 5.42. The molecular weight excluding hydrogens is 538 g/mol. The molecule has 2 aromatic carbocycles. The average Bonchev–Trinajstić information content (AvgIpc) is 3.60. The first-order valence-corrected chi connectivity index (χ1v) is 13.8. The van der Waals surface area contributed by atoms with Crippen molar-refractivity contribution in [1.29, 1.82) is 0 Å². The third-order valence-corrected chi connectivity index (χ3v) is 7.44. The Kier molecular flexibility index (Phi) is 6.29. The molecule has 7 aromatic rings. The zero-order valence-corrected chi connectivity index (χ0v) is 23.4. The fourth-order valence-electron chi connectivity index (χ4n) is 5.42. The van der Waals surface area contributed by atoms with Gasteiger partial charge in [-0.15, -0.1) is 0 Å². The van der Waals surface area contributed by atoms with Crippen molar-refractivity contribution in [2.24, 2.45) is 0 Å². The summed E-state index contributed by atoms with van der Waals surface area (Å²) in [6, 6.07) is 24.0. The van der Waals surface area contributed by atoms with Gasteiger partial charge < -0.3 is 5.32 Å². The van der Waals surface area contributed by atoms with Gasteiger partial charge in [-0.25, -0.2) is 14.0 Å². The SMILES string of the molecule is Cc1nn2cccnc2c1C(=O)N[C@@H](C)c1cc2cccc(C#Cc3cnn4ccccc34)c2c(=O)n1-c1ccccc1. The van der Waals surface area contributed by atoms with Gasteiger partial charge in [-0.1, -0.05) is 48.2 Å². The van der Waals surface area contributed by atoms with Gasteiger partial charge >= 0.3 is 0 Å². The molecule has 0 fully saturated rings. The molecule has 43 heavy (non-hydrogen) atoms. The average molecular weight is 564 g/mol. The van der Waals surface area contributed by atoms with Crippen molar-refractivity contribution in [3.05, 3.63) is 142 Å². The zero-order chi connectivity index (χ0) is 29.5. The molecule has 7 rings (SSSR count). The maximum atomic E-state index is 14.3. The van der Waals surface area contributed by atoms with Crippen molar-refractivity contribution >= 4 is 27.8 Å². The lowest BCUT2D eigenvalue weighted by Gasteiger charge is -2.21. The molecule has 5 aromatic heterocycles. The van der Waals surface area contributed by atoms with E-state index in [0.717, 1.165) is 16.5 Å². The highest BCUT2D eigenvalue weighted by Crippen LogP contribution is 2.24. The summed E-state index contributed by atoms with van der Waals surface area (Å²) in [6.07, 6.45) is 6.97. The van der Waals surface area contributed by atoms with Crippen LogP contribution in [0.25, 0.3) is 27.6 Å². The number of nitrogens with one attached hydrogen (secondary N) is 1. The summed E-state index contributed by atoms with van der Waals surface area (Å²) < 4.78 is 5.00. The number of aromatic nitrogens is 6. The molecule has 0 aliphatic rings. The molecule has 0 aliphatic carbocycles. The minimum atomic E-state index is -0.531. The Bertz CT molecular complexity index is 2300. The van der Waals surface area contributed by atoms with Crippen LogP contribution in [-0.2, 0) is 0 Å². The number of pyridine rings is 2. The van der Waals surface area contributed by atoms with E-state index in [1.807, 2.05) is 85.9 Å². The number of hydrogen-bond acceptors (Lipinski definition) is 5. The zero-order valence-electron chi connectivity index (χ0n) is 23.4. The van der Waals surface area contributed by atoms with Crippen LogP contribution in [0.3, 0.4) is 0 Å². The molecule has 0 aliphatic heterocycles. The van der Waals surface area contributed by atoms with Gasteiger partial charge in [0.1, 0.15) is 5.56 Å². The second-order valence-corrected chi connectivity index (χ2v) is 10.2. The highest BCUT2D eigenvalue weighted by molar-refractivity contribution is 6.01. The maximum Gasteiger partial charge on any atom is 0.264 e. The van der Waals surface area contributed by atoms with Crippen LogP contribution in [0.4, 0.5) is 0 Å². The van der Waals surface area contributed by atoms with Crippen LogP contribution in [0, 0.1) is 18.8 Å². The largest absolute Gasteiger partial charge is 0.344 e. The van der Waals surface area contributed by atoms with E-state index in [4.69, 9.17) is 0 Å². The van der Waals surface area contributed by atoms with Gasteiger partial charge in [-0.05, 0) is 61.7 Å². The summed E-state index contributed by atoms with van der Waals surface area (Å²) >= 11 is 0. The maximum absolute atomic E-state index is 14.3. The lowest BCUT2D eigenvalue weighted by molar-refractivity contribution is 0.0939. The van der Waals surface area contributed by atoms with Gasteiger partial charge in [-0.3, -0.25) is 14.2 Å². The van der Waals surface area contributed by atoms with Gasteiger partial charge in [0, 0.05) is 35.5 Å². The smallest absolute Gasteiger partial charge is 0.264 e. The van der Waals surface area contributed by atoms with Crippen LogP contribution < -0.4 is 10.9 Å². The first kappa shape index (κ1) is 25.9. The Labute approximate surface area is 246 Å². The molecule has 1 atom stereocenters. The number of aryl methyl sites for hydroxylation is 1. The molecule has 0 spiro atoms. The van der Waals surface area contributed by atoms with E-state index in [1.165, 1.54) is 0 Å². The summed E-state index contributed by atoms with van der Waals surface area (Å²) in [5.41, 5.74) is 4.79. The van der Waals surface area contributed by atoms with Gasteiger partial charge in [0.05, 0.1) is 34.4 Å². The molecule has 1 N–H and O–H groups in total. The number of fused-ring (bicyclic) bond motifs is 3. The molecule has 0 bridgehead atoms. The molecule has 1 amide bonds. The van der Waals surface area contributed by atoms with Crippen LogP contribution in [0.2, 0.25) is 0 Å². The minimum absolute atomic E-state index is 0.224. The van der Waals surface area contributed by atoms with Crippen molar-refractivity contribution < 1.29 is 4.79 Å². The third-order valence-electron chi connectivity index (χ3n) is 7.44. The van der Waals surface area contributed by atoms with Crippen molar-refractivity contribution in [2.75, 3.05) is 0 Å². The Morgan fingerprint density at radius 3 is 2.56 bits per heavy atom. The van der Waals surface area contributed by atoms with Crippen LogP contribution in [-0.4, -0.2) is 34.7 Å². The third kappa shape index (κ3) is 4.51. The van der Waals surface area contributed by atoms with Crippen LogP contribution in [0.15, 0.2) is 108 Å². The Balaban J connectivity index is 1.35. The summed E-state index contributed by atoms with van der Waals surface area (Å²) in [5.74, 6) is 6.11. The fraction of sp³-hybridized carbons (Fsp3) is 0.0882. The van der Waals surface area contributed by atoms with Crippen LogP contribution in [0.1, 0.15) is 45.8 Å². The molecular formula is C34H25N7O2. The summed E-state index contributed by atoms with van der Waals surface area (Å²) in [4.78, 5) is 32.2. The number of carbonyl (C=O) groups is 1. The molecule has 208 valence electrons. The first-order chi connectivity index (χ1) is 21.0. The highest BCUT2D eigenvalue weighted by Gasteiger charge is 2.23. The van der Waals surface area contributed by atoms with E-state index in [2.05, 4.69) is 32.3 Å². The van der Waals surface area contributed by atoms with Gasteiger partial charge in [0.15, 0.2) is 5.65 Å². The predicted octanol–water partition coefficient (Wildman–Crippen LogP) is 4.88. The van der Waals surface area contributed by atoms with E-state index in [-0.39, 0.29) is 11.5 Å². The molecule has 0 unspecified atom stereocenters. The standard InChI is InChI=1S/C34H25N7O2/c1-22(37-33(42)30-23(2)38-40-19-9-17-35-32(30)40)29-20-25-11-8-10-24(15-16-26-21-36-39-18-7-6-14-28(26)39)31(25)34(43)41(29)27-12-4-3-5-13-27/h3-14,17-22H,1-2H3,(H,37,42)/t22-/m0/s1.